The van der Waals surface area contributed by atoms with Crippen LogP contribution in [-0.2, 0) is 0 Å². The van der Waals surface area contributed by atoms with E-state index in [0.717, 1.165) is 5.56 Å². The van der Waals surface area contributed by atoms with Crippen LogP contribution in [0.5, 0.6) is 0 Å². The third kappa shape index (κ3) is 3.74. The molecule has 6 heteroatoms. The number of carbonyl (C=O) groups excluding carboxylic acids is 1. The van der Waals surface area contributed by atoms with Gasteiger partial charge in [-0.1, -0.05) is 41.6 Å². The van der Waals surface area contributed by atoms with E-state index in [-0.39, 0.29) is 11.7 Å². The molecule has 27 heavy (non-hydrogen) atoms. The van der Waals surface area contributed by atoms with Crippen molar-refractivity contribution in [2.75, 3.05) is 5.32 Å². The zero-order valence-electron chi connectivity index (χ0n) is 14.1. The van der Waals surface area contributed by atoms with E-state index in [4.69, 9.17) is 4.52 Å². The number of hydrogen-bond donors (Lipinski definition) is 1. The molecule has 1 heterocycles. The molecule has 0 fully saturated rings. The second kappa shape index (κ2) is 7.21. The van der Waals surface area contributed by atoms with Gasteiger partial charge in [-0.25, -0.2) is 4.39 Å². The molecule has 0 unspecified atom stereocenters. The summed E-state index contributed by atoms with van der Waals surface area (Å²) >= 11 is 0. The molecule has 3 aromatic carbocycles. The molecule has 0 spiro atoms. The summed E-state index contributed by atoms with van der Waals surface area (Å²) in [7, 11) is 0. The van der Waals surface area contributed by atoms with Crippen molar-refractivity contribution in [1.29, 1.82) is 0 Å². The molecule has 4 aromatic rings. The van der Waals surface area contributed by atoms with Crippen LogP contribution in [0.3, 0.4) is 0 Å². The van der Waals surface area contributed by atoms with Crippen molar-refractivity contribution in [1.82, 2.24) is 10.1 Å². The molecule has 1 amide bonds. The van der Waals surface area contributed by atoms with Gasteiger partial charge in [-0.15, -0.1) is 0 Å². The third-order valence-electron chi connectivity index (χ3n) is 3.93. The molecule has 132 valence electrons. The standard InChI is InChI=1S/C21H14FN3O2/c22-17-11-9-15(10-12-17)20(26)23-18-8-4-7-16(13-18)21-24-19(25-27-21)14-5-2-1-3-6-14/h1-13H,(H,23,26). The predicted molar refractivity (Wildman–Crippen MR) is 99.5 cm³/mol. The van der Waals surface area contributed by atoms with E-state index in [1.807, 2.05) is 36.4 Å². The lowest BCUT2D eigenvalue weighted by Gasteiger charge is -2.06. The molecule has 0 aliphatic carbocycles. The van der Waals surface area contributed by atoms with E-state index in [9.17, 15) is 9.18 Å². The lowest BCUT2D eigenvalue weighted by Crippen LogP contribution is -2.11. The van der Waals surface area contributed by atoms with Crippen molar-refractivity contribution < 1.29 is 13.7 Å². The van der Waals surface area contributed by atoms with Gasteiger partial charge in [0.1, 0.15) is 5.82 Å². The van der Waals surface area contributed by atoms with Gasteiger partial charge in [0.05, 0.1) is 0 Å². The Morgan fingerprint density at radius 3 is 2.41 bits per heavy atom. The molecular formula is C21H14FN3O2. The Morgan fingerprint density at radius 1 is 0.889 bits per heavy atom. The van der Waals surface area contributed by atoms with Crippen LogP contribution >= 0.6 is 0 Å². The first-order valence-electron chi connectivity index (χ1n) is 8.25. The molecule has 5 nitrogen and oxygen atoms in total. The largest absolute Gasteiger partial charge is 0.334 e. The summed E-state index contributed by atoms with van der Waals surface area (Å²) in [6.45, 7) is 0. The van der Waals surface area contributed by atoms with Crippen LogP contribution in [0.15, 0.2) is 83.4 Å². The maximum atomic E-state index is 13.0. The van der Waals surface area contributed by atoms with Crippen molar-refractivity contribution in [3.63, 3.8) is 0 Å². The maximum Gasteiger partial charge on any atom is 0.258 e. The predicted octanol–water partition coefficient (Wildman–Crippen LogP) is 4.80. The average molecular weight is 359 g/mol. The van der Waals surface area contributed by atoms with Crippen LogP contribution in [0.1, 0.15) is 10.4 Å². The summed E-state index contributed by atoms with van der Waals surface area (Å²) < 4.78 is 18.3. The van der Waals surface area contributed by atoms with Gasteiger partial charge in [0.25, 0.3) is 11.8 Å². The van der Waals surface area contributed by atoms with Crippen molar-refractivity contribution >= 4 is 11.6 Å². The maximum absolute atomic E-state index is 13.0. The Balaban J connectivity index is 1.55. The van der Waals surface area contributed by atoms with Gasteiger partial charge in [0.2, 0.25) is 5.82 Å². The number of carbonyl (C=O) groups is 1. The van der Waals surface area contributed by atoms with Crippen LogP contribution in [0.25, 0.3) is 22.8 Å². The Bertz CT molecular complexity index is 1080. The van der Waals surface area contributed by atoms with Gasteiger partial charge in [-0.05, 0) is 42.5 Å². The van der Waals surface area contributed by atoms with E-state index in [0.29, 0.717) is 28.5 Å². The first-order valence-corrected chi connectivity index (χ1v) is 8.25. The number of amides is 1. The number of halogens is 1. The van der Waals surface area contributed by atoms with Crippen LogP contribution in [0.4, 0.5) is 10.1 Å². The van der Waals surface area contributed by atoms with Crippen LogP contribution in [0, 0.1) is 5.82 Å². The second-order valence-corrected chi connectivity index (χ2v) is 5.83. The quantitative estimate of drug-likeness (QED) is 0.568. The minimum absolute atomic E-state index is 0.331. The Morgan fingerprint density at radius 2 is 1.63 bits per heavy atom. The highest BCUT2D eigenvalue weighted by Crippen LogP contribution is 2.24. The normalized spacial score (nSPS) is 10.6. The fraction of sp³-hybridized carbons (Fsp3) is 0. The SMILES string of the molecule is O=C(Nc1cccc(-c2nc(-c3ccccc3)no2)c1)c1ccc(F)cc1. The monoisotopic (exact) mass is 359 g/mol. The van der Waals surface area contributed by atoms with E-state index in [1.54, 1.807) is 18.2 Å². The molecular weight excluding hydrogens is 345 g/mol. The summed E-state index contributed by atoms with van der Waals surface area (Å²) in [6.07, 6.45) is 0. The van der Waals surface area contributed by atoms with Crippen molar-refractivity contribution in [3.8, 4) is 22.8 Å². The number of benzene rings is 3. The van der Waals surface area contributed by atoms with Gasteiger partial charge < -0.3 is 9.84 Å². The van der Waals surface area contributed by atoms with Crippen LogP contribution < -0.4 is 5.32 Å². The van der Waals surface area contributed by atoms with E-state index in [2.05, 4.69) is 15.5 Å². The Kier molecular flexibility index (Phi) is 4.45. The lowest BCUT2D eigenvalue weighted by molar-refractivity contribution is 0.102. The first kappa shape index (κ1) is 16.7. The van der Waals surface area contributed by atoms with Gasteiger partial charge in [0, 0.05) is 22.4 Å². The highest BCUT2D eigenvalue weighted by molar-refractivity contribution is 6.04. The van der Waals surface area contributed by atoms with Crippen LogP contribution in [0.2, 0.25) is 0 Å². The summed E-state index contributed by atoms with van der Waals surface area (Å²) in [6, 6.07) is 21.9. The fourth-order valence-corrected chi connectivity index (χ4v) is 2.58. The van der Waals surface area contributed by atoms with E-state index in [1.165, 1.54) is 24.3 Å². The number of aromatic nitrogens is 2. The topological polar surface area (TPSA) is 68.0 Å². The first-order chi connectivity index (χ1) is 13.2. The summed E-state index contributed by atoms with van der Waals surface area (Å²) in [5.41, 5.74) is 2.47. The number of hydrogen-bond acceptors (Lipinski definition) is 4. The van der Waals surface area contributed by atoms with Gasteiger partial charge in [-0.3, -0.25) is 4.79 Å². The number of rotatable bonds is 4. The number of nitrogens with one attached hydrogen (secondary N) is 1. The molecule has 0 saturated carbocycles. The minimum atomic E-state index is -0.390. The molecule has 1 N–H and O–H groups in total. The van der Waals surface area contributed by atoms with E-state index < -0.39 is 0 Å². The zero-order chi connectivity index (χ0) is 18.6. The fourth-order valence-electron chi connectivity index (χ4n) is 2.58. The molecule has 0 atom stereocenters. The van der Waals surface area contributed by atoms with Crippen LogP contribution in [-0.4, -0.2) is 16.0 Å². The zero-order valence-corrected chi connectivity index (χ0v) is 14.1. The molecule has 0 saturated heterocycles. The highest BCUT2D eigenvalue weighted by atomic mass is 19.1. The van der Waals surface area contributed by atoms with Gasteiger partial charge >= 0.3 is 0 Å². The molecule has 0 aliphatic heterocycles. The smallest absolute Gasteiger partial charge is 0.258 e. The van der Waals surface area contributed by atoms with Gasteiger partial charge in [0.15, 0.2) is 0 Å². The van der Waals surface area contributed by atoms with Crippen molar-refractivity contribution in [3.05, 3.63) is 90.2 Å². The Labute approximate surface area is 154 Å². The number of anilines is 1. The number of nitrogens with zero attached hydrogens (tertiary/aromatic N) is 2. The Hall–Kier alpha value is -3.80. The van der Waals surface area contributed by atoms with E-state index >= 15 is 0 Å². The lowest BCUT2D eigenvalue weighted by atomic mass is 10.1. The van der Waals surface area contributed by atoms with Crippen molar-refractivity contribution in [2.45, 2.75) is 0 Å². The highest BCUT2D eigenvalue weighted by Gasteiger charge is 2.12. The summed E-state index contributed by atoms with van der Waals surface area (Å²) in [5.74, 6) is 0.125. The van der Waals surface area contributed by atoms with Crippen molar-refractivity contribution in [2.24, 2.45) is 0 Å². The second-order valence-electron chi connectivity index (χ2n) is 5.83. The molecule has 4 rings (SSSR count). The third-order valence-corrected chi connectivity index (χ3v) is 3.93. The van der Waals surface area contributed by atoms with Gasteiger partial charge in [-0.2, -0.15) is 4.98 Å². The molecule has 0 aliphatic rings. The molecule has 0 bridgehead atoms. The minimum Gasteiger partial charge on any atom is -0.334 e. The molecule has 1 aromatic heterocycles. The average Bonchev–Trinajstić information content (AvgIpc) is 3.20. The molecule has 0 radical (unpaired) electrons. The summed E-state index contributed by atoms with van der Waals surface area (Å²) in [4.78, 5) is 16.7. The summed E-state index contributed by atoms with van der Waals surface area (Å²) in [5, 5.41) is 6.78.